The number of halogens is 1. The van der Waals surface area contributed by atoms with Crippen LogP contribution in [0, 0.1) is 6.92 Å². The highest BCUT2D eigenvalue weighted by molar-refractivity contribution is 9.10. The molecular formula is C13H16BrNO3. The zero-order valence-electron chi connectivity index (χ0n) is 10.5. The van der Waals surface area contributed by atoms with Crippen molar-refractivity contribution in [2.45, 2.75) is 25.2 Å². The highest BCUT2D eigenvalue weighted by Crippen LogP contribution is 2.37. The van der Waals surface area contributed by atoms with Gasteiger partial charge in [-0.1, -0.05) is 0 Å². The van der Waals surface area contributed by atoms with Crippen LogP contribution in [0.15, 0.2) is 16.7 Å². The molecule has 1 aliphatic rings. The molecule has 4 nitrogen and oxygen atoms in total. The molecule has 1 fully saturated rings. The van der Waals surface area contributed by atoms with E-state index in [1.54, 1.807) is 6.20 Å². The molecule has 0 radical (unpaired) electrons. The fourth-order valence-corrected chi connectivity index (χ4v) is 2.94. The zero-order valence-corrected chi connectivity index (χ0v) is 12.1. The Hall–Kier alpha value is -0.940. The first kappa shape index (κ1) is 13.5. The van der Waals surface area contributed by atoms with Crippen LogP contribution in [0.5, 0.6) is 0 Å². The number of hydrogen-bond donors (Lipinski definition) is 0. The summed E-state index contributed by atoms with van der Waals surface area (Å²) in [5.74, 6) is -0.219. The Morgan fingerprint density at radius 2 is 2.17 bits per heavy atom. The van der Waals surface area contributed by atoms with E-state index in [1.807, 2.05) is 13.0 Å². The van der Waals surface area contributed by atoms with Crippen molar-refractivity contribution in [3.05, 3.63) is 28.0 Å². The lowest BCUT2D eigenvalue weighted by molar-refractivity contribution is -0.151. The van der Waals surface area contributed by atoms with Gasteiger partial charge < -0.3 is 9.47 Å². The quantitative estimate of drug-likeness (QED) is 0.787. The van der Waals surface area contributed by atoms with E-state index >= 15 is 0 Å². The topological polar surface area (TPSA) is 48.4 Å². The van der Waals surface area contributed by atoms with E-state index in [4.69, 9.17) is 9.47 Å². The lowest BCUT2D eigenvalue weighted by Crippen LogP contribution is -2.43. The number of aryl methyl sites for hydroxylation is 1. The van der Waals surface area contributed by atoms with Gasteiger partial charge in [-0.15, -0.1) is 0 Å². The number of carbonyl (C=O) groups excluding carboxylic acids is 1. The minimum atomic E-state index is -0.655. The molecule has 0 atom stereocenters. The van der Waals surface area contributed by atoms with Gasteiger partial charge in [-0.2, -0.15) is 0 Å². The second kappa shape index (κ2) is 5.36. The van der Waals surface area contributed by atoms with Crippen molar-refractivity contribution < 1.29 is 14.3 Å². The van der Waals surface area contributed by atoms with Gasteiger partial charge in [-0.3, -0.25) is 9.78 Å². The van der Waals surface area contributed by atoms with Crippen molar-refractivity contribution in [1.29, 1.82) is 0 Å². The van der Waals surface area contributed by atoms with E-state index in [2.05, 4.69) is 20.9 Å². The molecular weight excluding hydrogens is 298 g/mol. The predicted octanol–water partition coefficient (Wildman–Crippen LogP) is 2.37. The highest BCUT2D eigenvalue weighted by Gasteiger charge is 2.45. The van der Waals surface area contributed by atoms with E-state index in [9.17, 15) is 4.79 Å². The number of aromatic nitrogens is 1. The van der Waals surface area contributed by atoms with Gasteiger partial charge in [0.25, 0.3) is 0 Å². The first-order valence-electron chi connectivity index (χ1n) is 5.89. The molecule has 0 saturated carbocycles. The van der Waals surface area contributed by atoms with Gasteiger partial charge in [0.15, 0.2) is 0 Å². The first-order valence-corrected chi connectivity index (χ1v) is 6.68. The largest absolute Gasteiger partial charge is 0.468 e. The normalized spacial score (nSPS) is 18.4. The summed E-state index contributed by atoms with van der Waals surface area (Å²) in [5, 5.41) is 0. The van der Waals surface area contributed by atoms with E-state index in [-0.39, 0.29) is 5.97 Å². The molecule has 0 spiro atoms. The molecule has 0 aliphatic carbocycles. The van der Waals surface area contributed by atoms with Crippen LogP contribution in [0.25, 0.3) is 0 Å². The molecule has 0 bridgehead atoms. The Bertz CT molecular complexity index is 456. The molecule has 2 rings (SSSR count). The van der Waals surface area contributed by atoms with Crippen molar-refractivity contribution in [2.75, 3.05) is 20.3 Å². The van der Waals surface area contributed by atoms with Crippen LogP contribution in [0.4, 0.5) is 0 Å². The average Bonchev–Trinajstić information content (AvgIpc) is 2.38. The molecule has 1 aromatic heterocycles. The van der Waals surface area contributed by atoms with Crippen molar-refractivity contribution in [3.63, 3.8) is 0 Å². The molecule has 1 aromatic rings. The zero-order chi connectivity index (χ0) is 13.2. The van der Waals surface area contributed by atoms with E-state index in [0.717, 1.165) is 15.7 Å². The summed E-state index contributed by atoms with van der Waals surface area (Å²) in [7, 11) is 1.42. The van der Waals surface area contributed by atoms with E-state index < -0.39 is 5.41 Å². The average molecular weight is 314 g/mol. The molecule has 0 aromatic carbocycles. The van der Waals surface area contributed by atoms with Crippen molar-refractivity contribution >= 4 is 21.9 Å². The minimum Gasteiger partial charge on any atom is -0.468 e. The number of pyridine rings is 1. The van der Waals surface area contributed by atoms with Gasteiger partial charge >= 0.3 is 5.97 Å². The molecule has 0 amide bonds. The maximum atomic E-state index is 12.2. The molecule has 0 unspecified atom stereocenters. The van der Waals surface area contributed by atoms with E-state index in [1.165, 1.54) is 7.11 Å². The smallest absolute Gasteiger partial charge is 0.318 e. The molecule has 98 valence electrons. The van der Waals surface area contributed by atoms with Gasteiger partial charge in [0.1, 0.15) is 5.41 Å². The minimum absolute atomic E-state index is 0.219. The Morgan fingerprint density at radius 3 is 2.72 bits per heavy atom. The number of rotatable bonds is 2. The van der Waals surface area contributed by atoms with Crippen molar-refractivity contribution in [1.82, 2.24) is 4.98 Å². The number of nitrogens with zero attached hydrogens (tertiary/aromatic N) is 1. The Morgan fingerprint density at radius 1 is 1.50 bits per heavy atom. The third-order valence-corrected chi connectivity index (χ3v) is 3.85. The summed E-state index contributed by atoms with van der Waals surface area (Å²) in [6.07, 6.45) is 2.97. The fraction of sp³-hybridized carbons (Fsp3) is 0.538. The Balaban J connectivity index is 2.48. The van der Waals surface area contributed by atoms with Gasteiger partial charge in [0.2, 0.25) is 0 Å². The number of esters is 1. The second-order valence-corrected chi connectivity index (χ2v) is 5.42. The van der Waals surface area contributed by atoms with Crippen LogP contribution in [-0.2, 0) is 19.7 Å². The maximum Gasteiger partial charge on any atom is 0.318 e. The lowest BCUT2D eigenvalue weighted by Gasteiger charge is -2.34. The summed E-state index contributed by atoms with van der Waals surface area (Å²) in [6, 6.07) is 1.97. The summed E-state index contributed by atoms with van der Waals surface area (Å²) in [6.45, 7) is 3.09. The molecule has 18 heavy (non-hydrogen) atoms. The predicted molar refractivity (Wildman–Crippen MR) is 70.4 cm³/mol. The standard InChI is InChI=1S/C13H16BrNO3/c1-9-7-10(14)8-15-11(9)13(12(16)17-2)3-5-18-6-4-13/h7-8H,3-6H2,1-2H3. The van der Waals surface area contributed by atoms with Crippen LogP contribution in [0.2, 0.25) is 0 Å². The molecule has 2 heterocycles. The monoisotopic (exact) mass is 313 g/mol. The third kappa shape index (κ3) is 2.29. The molecule has 1 saturated heterocycles. The summed E-state index contributed by atoms with van der Waals surface area (Å²) < 4.78 is 11.3. The SMILES string of the molecule is COC(=O)C1(c2ncc(Br)cc2C)CCOCC1. The maximum absolute atomic E-state index is 12.2. The third-order valence-electron chi connectivity index (χ3n) is 3.42. The van der Waals surface area contributed by atoms with Crippen LogP contribution < -0.4 is 0 Å². The van der Waals surface area contributed by atoms with Crippen LogP contribution in [0.3, 0.4) is 0 Å². The number of ether oxygens (including phenoxy) is 2. The number of methoxy groups -OCH3 is 1. The molecule has 0 N–H and O–H groups in total. The number of hydrogen-bond acceptors (Lipinski definition) is 4. The Kier molecular flexibility index (Phi) is 4.02. The van der Waals surface area contributed by atoms with Gasteiger partial charge in [-0.25, -0.2) is 0 Å². The van der Waals surface area contributed by atoms with Gasteiger partial charge in [0.05, 0.1) is 12.8 Å². The van der Waals surface area contributed by atoms with Crippen LogP contribution >= 0.6 is 15.9 Å². The molecule has 5 heteroatoms. The lowest BCUT2D eigenvalue weighted by atomic mass is 9.75. The highest BCUT2D eigenvalue weighted by atomic mass is 79.9. The summed E-state index contributed by atoms with van der Waals surface area (Å²) >= 11 is 3.39. The van der Waals surface area contributed by atoms with Gasteiger partial charge in [-0.05, 0) is 47.3 Å². The summed E-state index contributed by atoms with van der Waals surface area (Å²) in [5.41, 5.74) is 1.15. The first-order chi connectivity index (χ1) is 8.60. The van der Waals surface area contributed by atoms with Crippen LogP contribution in [0.1, 0.15) is 24.1 Å². The second-order valence-electron chi connectivity index (χ2n) is 4.51. The van der Waals surface area contributed by atoms with Gasteiger partial charge in [0, 0.05) is 23.9 Å². The molecule has 1 aliphatic heterocycles. The summed E-state index contributed by atoms with van der Waals surface area (Å²) in [4.78, 5) is 16.6. The van der Waals surface area contributed by atoms with Crippen molar-refractivity contribution in [2.24, 2.45) is 0 Å². The van der Waals surface area contributed by atoms with E-state index in [0.29, 0.717) is 26.1 Å². The number of carbonyl (C=O) groups is 1. The van der Waals surface area contributed by atoms with Crippen molar-refractivity contribution in [3.8, 4) is 0 Å². The fourth-order valence-electron chi connectivity index (χ4n) is 2.49. The Labute approximate surface area is 115 Å². The van der Waals surface area contributed by atoms with Crippen LogP contribution in [-0.4, -0.2) is 31.3 Å².